The van der Waals surface area contributed by atoms with Crippen LogP contribution in [0.2, 0.25) is 0 Å². The number of hydrogen-bond acceptors (Lipinski definition) is 2. The summed E-state index contributed by atoms with van der Waals surface area (Å²) in [6.45, 7) is 5.05. The van der Waals surface area contributed by atoms with Crippen molar-refractivity contribution in [3.63, 3.8) is 0 Å². The molecular weight excluding hydrogens is 357 g/mol. The van der Waals surface area contributed by atoms with Crippen molar-refractivity contribution in [1.29, 1.82) is 0 Å². The lowest BCUT2D eigenvalue weighted by Gasteiger charge is -2.13. The third-order valence-electron chi connectivity index (χ3n) is 1.99. The largest absolute Gasteiger partial charge is 0.495 e. The van der Waals surface area contributed by atoms with Crippen molar-refractivity contribution in [1.82, 2.24) is 5.32 Å². The van der Waals surface area contributed by atoms with E-state index in [1.165, 1.54) is 0 Å². The van der Waals surface area contributed by atoms with Crippen LogP contribution in [0.25, 0.3) is 0 Å². The van der Waals surface area contributed by atoms with Gasteiger partial charge in [0.25, 0.3) is 0 Å². The van der Waals surface area contributed by atoms with Gasteiger partial charge < -0.3 is 10.1 Å². The predicted molar refractivity (Wildman–Crippen MR) is 77.6 cm³/mol. The van der Waals surface area contributed by atoms with Gasteiger partial charge in [-0.3, -0.25) is 0 Å². The summed E-state index contributed by atoms with van der Waals surface area (Å²) in [4.78, 5) is 0. The van der Waals surface area contributed by atoms with Gasteiger partial charge in [-0.15, -0.1) is 12.4 Å². The van der Waals surface area contributed by atoms with E-state index in [0.29, 0.717) is 6.04 Å². The van der Waals surface area contributed by atoms with Crippen LogP contribution in [0.1, 0.15) is 19.4 Å². The van der Waals surface area contributed by atoms with Crippen molar-refractivity contribution in [3.8, 4) is 5.75 Å². The summed E-state index contributed by atoms with van der Waals surface area (Å²) in [5.41, 5.74) is 1.15. The molecule has 0 spiro atoms. The van der Waals surface area contributed by atoms with Gasteiger partial charge in [0, 0.05) is 22.6 Å². The number of ether oxygens (including phenoxy) is 1. The Labute approximate surface area is 120 Å². The quantitative estimate of drug-likeness (QED) is 0.856. The number of hydrogen-bond donors (Lipinski definition) is 1. The average molecular weight is 374 g/mol. The van der Waals surface area contributed by atoms with Crippen molar-refractivity contribution in [2.75, 3.05) is 7.11 Å². The van der Waals surface area contributed by atoms with E-state index in [2.05, 4.69) is 57.1 Å². The van der Waals surface area contributed by atoms with E-state index in [1.54, 1.807) is 7.11 Å². The van der Waals surface area contributed by atoms with Gasteiger partial charge in [0.15, 0.2) is 0 Å². The highest BCUT2D eigenvalue weighted by Crippen LogP contribution is 2.32. The molecule has 1 aromatic rings. The normalized spacial score (nSPS) is 10.1. The first-order valence-corrected chi connectivity index (χ1v) is 6.38. The Balaban J connectivity index is 0.00000225. The van der Waals surface area contributed by atoms with Gasteiger partial charge >= 0.3 is 0 Å². The zero-order valence-corrected chi connectivity index (χ0v) is 13.5. The summed E-state index contributed by atoms with van der Waals surface area (Å²) in [5, 5.41) is 3.37. The van der Waals surface area contributed by atoms with Gasteiger partial charge in [-0.05, 0) is 28.1 Å². The molecule has 2 nitrogen and oxygen atoms in total. The zero-order valence-electron chi connectivity index (χ0n) is 9.51. The summed E-state index contributed by atoms with van der Waals surface area (Å²) < 4.78 is 7.38. The smallest absolute Gasteiger partial charge is 0.137 e. The minimum Gasteiger partial charge on any atom is -0.495 e. The molecule has 0 radical (unpaired) electrons. The number of benzene rings is 1. The van der Waals surface area contributed by atoms with Gasteiger partial charge in [0.2, 0.25) is 0 Å². The summed E-state index contributed by atoms with van der Waals surface area (Å²) in [5.74, 6) is 0.895. The molecule has 16 heavy (non-hydrogen) atoms. The number of halogens is 3. The van der Waals surface area contributed by atoms with Crippen LogP contribution in [0.15, 0.2) is 21.1 Å². The van der Waals surface area contributed by atoms with Crippen molar-refractivity contribution >= 4 is 44.3 Å². The molecule has 0 heterocycles. The van der Waals surface area contributed by atoms with Gasteiger partial charge in [0.05, 0.1) is 11.6 Å². The minimum atomic E-state index is 0. The molecular formula is C11H16Br2ClNO. The Morgan fingerprint density at radius 2 is 1.94 bits per heavy atom. The fourth-order valence-electron chi connectivity index (χ4n) is 1.29. The van der Waals surface area contributed by atoms with Crippen LogP contribution in [0, 0.1) is 0 Å². The van der Waals surface area contributed by atoms with Gasteiger partial charge in [-0.25, -0.2) is 0 Å². The zero-order chi connectivity index (χ0) is 11.4. The predicted octanol–water partition coefficient (Wildman–Crippen LogP) is 4.14. The fourth-order valence-corrected chi connectivity index (χ4v) is 2.76. The van der Waals surface area contributed by atoms with Crippen LogP contribution in [0.4, 0.5) is 0 Å². The molecule has 0 saturated carbocycles. The average Bonchev–Trinajstić information content (AvgIpc) is 2.13. The number of rotatable bonds is 4. The van der Waals surface area contributed by atoms with Crippen molar-refractivity contribution in [2.24, 2.45) is 0 Å². The van der Waals surface area contributed by atoms with Crippen LogP contribution < -0.4 is 10.1 Å². The second-order valence-electron chi connectivity index (χ2n) is 3.62. The summed E-state index contributed by atoms with van der Waals surface area (Å²) in [7, 11) is 1.69. The highest BCUT2D eigenvalue weighted by atomic mass is 79.9. The summed E-state index contributed by atoms with van der Waals surface area (Å²) in [6.07, 6.45) is 0. The van der Waals surface area contributed by atoms with Crippen LogP contribution in [-0.2, 0) is 6.54 Å². The molecule has 0 amide bonds. The first-order chi connectivity index (χ1) is 7.04. The molecule has 0 aliphatic heterocycles. The molecule has 0 unspecified atom stereocenters. The van der Waals surface area contributed by atoms with E-state index in [0.717, 1.165) is 26.8 Å². The van der Waals surface area contributed by atoms with E-state index in [-0.39, 0.29) is 12.4 Å². The second-order valence-corrected chi connectivity index (χ2v) is 5.39. The van der Waals surface area contributed by atoms with E-state index in [4.69, 9.17) is 4.74 Å². The number of methoxy groups -OCH3 is 1. The molecule has 0 bridgehead atoms. The fraction of sp³-hybridized carbons (Fsp3) is 0.455. The Bertz CT molecular complexity index is 345. The topological polar surface area (TPSA) is 21.3 Å². The molecule has 0 aromatic heterocycles. The molecule has 0 atom stereocenters. The lowest BCUT2D eigenvalue weighted by Crippen LogP contribution is -2.22. The third-order valence-corrected chi connectivity index (χ3v) is 3.04. The molecule has 0 aliphatic carbocycles. The van der Waals surface area contributed by atoms with Crippen LogP contribution in [0.3, 0.4) is 0 Å². The third kappa shape index (κ3) is 4.62. The van der Waals surface area contributed by atoms with Crippen molar-refractivity contribution in [2.45, 2.75) is 26.4 Å². The molecule has 92 valence electrons. The summed E-state index contributed by atoms with van der Waals surface area (Å²) in [6, 6.07) is 4.52. The van der Waals surface area contributed by atoms with Crippen molar-refractivity contribution < 1.29 is 4.74 Å². The molecule has 0 saturated heterocycles. The second kappa shape index (κ2) is 7.54. The van der Waals surface area contributed by atoms with Gasteiger partial charge in [-0.1, -0.05) is 29.8 Å². The standard InChI is InChI=1S/C11H15Br2NO.ClH/c1-7(2)14-6-8-4-9(12)5-10(13)11(8)15-3;/h4-5,7,14H,6H2,1-3H3;1H. The van der Waals surface area contributed by atoms with Gasteiger partial charge in [-0.2, -0.15) is 0 Å². The maximum Gasteiger partial charge on any atom is 0.137 e. The van der Waals surface area contributed by atoms with Crippen LogP contribution in [0.5, 0.6) is 5.75 Å². The van der Waals surface area contributed by atoms with E-state index >= 15 is 0 Å². The maximum absolute atomic E-state index is 5.36. The molecule has 0 fully saturated rings. The first-order valence-electron chi connectivity index (χ1n) is 4.80. The molecule has 1 rings (SSSR count). The monoisotopic (exact) mass is 371 g/mol. The van der Waals surface area contributed by atoms with E-state index in [9.17, 15) is 0 Å². The molecule has 1 N–H and O–H groups in total. The lowest BCUT2D eigenvalue weighted by molar-refractivity contribution is 0.403. The molecule has 0 aliphatic rings. The molecule has 5 heteroatoms. The Hall–Kier alpha value is 0.230. The minimum absolute atomic E-state index is 0. The SMILES string of the molecule is COc1c(Br)cc(Br)cc1CNC(C)C.Cl. The number of nitrogens with one attached hydrogen (secondary N) is 1. The first kappa shape index (κ1) is 16.2. The van der Waals surface area contributed by atoms with Crippen molar-refractivity contribution in [3.05, 3.63) is 26.6 Å². The Morgan fingerprint density at radius 1 is 1.31 bits per heavy atom. The lowest BCUT2D eigenvalue weighted by atomic mass is 10.2. The highest BCUT2D eigenvalue weighted by molar-refractivity contribution is 9.11. The molecule has 1 aromatic carbocycles. The van der Waals surface area contributed by atoms with Crippen LogP contribution >= 0.6 is 44.3 Å². The van der Waals surface area contributed by atoms with Crippen LogP contribution in [-0.4, -0.2) is 13.2 Å². The van der Waals surface area contributed by atoms with E-state index in [1.807, 2.05) is 6.07 Å². The van der Waals surface area contributed by atoms with E-state index < -0.39 is 0 Å². The Morgan fingerprint density at radius 3 is 2.44 bits per heavy atom. The van der Waals surface area contributed by atoms with Gasteiger partial charge in [0.1, 0.15) is 5.75 Å². The maximum atomic E-state index is 5.36. The summed E-state index contributed by atoms with van der Waals surface area (Å²) >= 11 is 6.95. The highest BCUT2D eigenvalue weighted by Gasteiger charge is 2.09. The Kier molecular flexibility index (Phi) is 7.64.